The van der Waals surface area contributed by atoms with E-state index in [2.05, 4.69) is 185 Å². The van der Waals surface area contributed by atoms with Crippen LogP contribution in [0.5, 0.6) is 23.0 Å². The quantitative estimate of drug-likeness (QED) is 0.0216. The topological polar surface area (TPSA) is 484 Å². The fourth-order valence-corrected chi connectivity index (χ4v) is 19.1. The maximum atomic E-state index is 12.3. The van der Waals surface area contributed by atoms with Gasteiger partial charge < -0.3 is 115 Å². The van der Waals surface area contributed by atoms with E-state index >= 15 is 0 Å². The van der Waals surface area contributed by atoms with Crippen LogP contribution in [0.1, 0.15) is 141 Å². The number of amides is 3. The second-order valence-corrected chi connectivity index (χ2v) is 36.7. The molecule has 42 nitrogen and oxygen atoms in total. The number of nitrogens with one attached hydrogen (secondary N) is 6. The van der Waals surface area contributed by atoms with Crippen LogP contribution < -0.4 is 81.1 Å². The van der Waals surface area contributed by atoms with E-state index in [1.165, 1.54) is 24.8 Å². The van der Waals surface area contributed by atoms with Gasteiger partial charge in [-0.15, -0.1) is 0 Å². The zero-order chi connectivity index (χ0) is 97.8. The minimum atomic E-state index is -0.533. The molecule has 42 heteroatoms. The molecule has 0 spiro atoms. The van der Waals surface area contributed by atoms with E-state index in [1.54, 1.807) is 69.1 Å². The Morgan fingerprint density at radius 2 is 0.594 bits per heavy atom. The third-order valence-electron chi connectivity index (χ3n) is 26.8. The number of anilines is 9. The molecule has 21 rings (SSSR count). The van der Waals surface area contributed by atoms with Gasteiger partial charge in [0, 0.05) is 243 Å². The lowest BCUT2D eigenvalue weighted by Crippen LogP contribution is -2.36. The number of morpholine rings is 5. The lowest BCUT2D eigenvalue weighted by atomic mass is 9.93. The van der Waals surface area contributed by atoms with Crippen molar-refractivity contribution in [3.8, 4) is 23.0 Å². The molecule has 754 valence electrons. The van der Waals surface area contributed by atoms with Crippen LogP contribution >= 0.6 is 0 Å². The average molecular weight is 1960 g/mol. The standard InChI is InChI=1S/C27H35N7O4.C26H33N7O3.C25H31N7O4.C23H27N7O3/c1-18(17-36-2)32-26(35)19-15-30-27(31-16-19)33-20-3-5-22(6-4-20)38-24-14-21(34-9-11-37-12-10-34)13-23-25(24)29-8-7-28-23;1-3-22(4-2-19(1)31-26-29-17-21(18-30-26)33-9-13-35-14-10-33)36-24-16-20(32-7-11-34-12-8-32)15-23-25(24)28-6-5-27-23;33-10-7-28-24(34)17-15-29-25(30-16-17)31-18-1-3-20(4-2-18)36-22-14-19(32-8-11-35-12-9-32)13-21-23(22)27-6-5-26-21;24-22(31)15-13-27-23(28-14-15)29-16-1-3-18(4-2-16)33-20-12-17(30-7-9-32-10-8-30)11-19-21(20)26-6-5-25-19/h7-8,13-16,18,20,22H,3-6,9-12,17H2,1-2H3,(H,32,35)(H,30,31,33);5-6,15-19,22H,1-4,7-14H2,(H,29,30,31);5-6,13-16,18,20,33H,1-4,7-12H2,(H,28,34)(H,29,30,31);5-6,11-14,16,18H,1-4,7-10H2,(H2,24,31)(H,27,28,29). The third kappa shape index (κ3) is 27.3. The second kappa shape index (κ2) is 49.7. The summed E-state index contributed by atoms with van der Waals surface area (Å²) in [6.45, 7) is 18.3. The summed E-state index contributed by atoms with van der Waals surface area (Å²) in [4.78, 5) is 118. The number of carbonyl (C=O) groups is 3. The van der Waals surface area contributed by atoms with Gasteiger partial charge in [-0.25, -0.2) is 59.8 Å². The Hall–Kier alpha value is -13.9. The van der Waals surface area contributed by atoms with Crippen molar-refractivity contribution in [2.24, 2.45) is 5.73 Å². The zero-order valence-corrected chi connectivity index (χ0v) is 80.9. The molecular formula is C101H126N28O14. The molecule has 1 unspecified atom stereocenters. The van der Waals surface area contributed by atoms with Gasteiger partial charge in [0.25, 0.3) is 17.7 Å². The van der Waals surface area contributed by atoms with Crippen LogP contribution in [0, 0.1) is 0 Å². The molecule has 4 saturated carbocycles. The van der Waals surface area contributed by atoms with Crippen LogP contribution in [0.2, 0.25) is 0 Å². The molecule has 0 bridgehead atoms. The average Bonchev–Trinajstić information content (AvgIpc) is 0.801. The Bertz CT molecular complexity index is 6100. The monoisotopic (exact) mass is 1960 g/mol. The molecule has 13 heterocycles. The van der Waals surface area contributed by atoms with Crippen LogP contribution in [-0.2, 0) is 28.4 Å². The minimum absolute atomic E-state index is 0.0884. The van der Waals surface area contributed by atoms with Gasteiger partial charge in [0.2, 0.25) is 23.8 Å². The first kappa shape index (κ1) is 99.2. The summed E-state index contributed by atoms with van der Waals surface area (Å²) in [5.74, 6) is 4.32. The predicted octanol–water partition coefficient (Wildman–Crippen LogP) is 9.66. The molecule has 1 atom stereocenters. The summed E-state index contributed by atoms with van der Waals surface area (Å²) in [6.07, 6.45) is 41.8. The van der Waals surface area contributed by atoms with Gasteiger partial charge in [0.05, 0.1) is 161 Å². The number of fused-ring (bicyclic) bond motifs is 4. The van der Waals surface area contributed by atoms with Crippen molar-refractivity contribution in [1.29, 1.82) is 0 Å². The molecule has 8 aromatic heterocycles. The number of methoxy groups -OCH3 is 1. The number of primary amides is 1. The zero-order valence-electron chi connectivity index (χ0n) is 80.9. The summed E-state index contributed by atoms with van der Waals surface area (Å²) >= 11 is 0. The molecule has 5 saturated heterocycles. The highest BCUT2D eigenvalue weighted by Crippen LogP contribution is 2.40. The molecule has 12 aromatic rings. The third-order valence-corrected chi connectivity index (χ3v) is 26.8. The summed E-state index contributed by atoms with van der Waals surface area (Å²) < 4.78 is 58.5. The Morgan fingerprint density at radius 3 is 0.860 bits per heavy atom. The van der Waals surface area contributed by atoms with Crippen LogP contribution in [0.15, 0.2) is 148 Å². The van der Waals surface area contributed by atoms with Crippen LogP contribution in [-0.4, -0.2) is 316 Å². The highest BCUT2D eigenvalue weighted by Gasteiger charge is 2.32. The number of hydrogen-bond donors (Lipinski definition) is 8. The molecule has 4 aliphatic carbocycles. The Labute approximate surface area is 828 Å². The number of aliphatic hydroxyl groups excluding tert-OH is 1. The minimum Gasteiger partial charge on any atom is -0.488 e. The van der Waals surface area contributed by atoms with Gasteiger partial charge in [-0.3, -0.25) is 34.3 Å². The molecule has 5 aliphatic heterocycles. The van der Waals surface area contributed by atoms with E-state index in [1.807, 2.05) is 19.3 Å². The summed E-state index contributed by atoms with van der Waals surface area (Å²) in [5.41, 5.74) is 18.3. The van der Waals surface area contributed by atoms with E-state index in [-0.39, 0.29) is 73.5 Å². The fraction of sp³-hybridized carbons (Fsp3) is 0.495. The first-order valence-electron chi connectivity index (χ1n) is 49.9. The molecule has 9 aliphatic rings. The molecule has 4 aromatic carbocycles. The summed E-state index contributed by atoms with van der Waals surface area (Å²) in [5, 5.41) is 27.9. The smallest absolute Gasteiger partial charge is 0.254 e. The van der Waals surface area contributed by atoms with Gasteiger partial charge in [-0.05, 0) is 134 Å². The number of aliphatic hydroxyl groups is 1. The lowest BCUT2D eigenvalue weighted by Gasteiger charge is -2.31. The van der Waals surface area contributed by atoms with Gasteiger partial charge in [0.15, 0.2) is 0 Å². The molecule has 0 radical (unpaired) electrons. The van der Waals surface area contributed by atoms with Crippen molar-refractivity contribution >= 4 is 114 Å². The number of benzene rings is 4. The number of ether oxygens (including phenoxy) is 10. The van der Waals surface area contributed by atoms with Crippen LogP contribution in [0.25, 0.3) is 44.1 Å². The number of nitrogens with two attached hydrogens (primary N) is 1. The normalized spacial score (nSPS) is 21.2. The maximum absolute atomic E-state index is 12.3. The van der Waals surface area contributed by atoms with Gasteiger partial charge in [0.1, 0.15) is 45.1 Å². The Morgan fingerprint density at radius 1 is 0.343 bits per heavy atom. The highest BCUT2D eigenvalue weighted by molar-refractivity contribution is 5.95. The Balaban J connectivity index is 0.000000126. The second-order valence-electron chi connectivity index (χ2n) is 36.7. The number of rotatable bonds is 29. The number of nitrogens with zero attached hydrogens (tertiary/aromatic N) is 21. The van der Waals surface area contributed by atoms with Crippen molar-refractivity contribution in [2.45, 2.75) is 164 Å². The summed E-state index contributed by atoms with van der Waals surface area (Å²) in [6, 6.07) is 17.7. The highest BCUT2D eigenvalue weighted by atomic mass is 16.5. The summed E-state index contributed by atoms with van der Waals surface area (Å²) in [7, 11) is 1.60. The van der Waals surface area contributed by atoms with Crippen molar-refractivity contribution in [2.75, 3.05) is 204 Å². The molecule has 143 heavy (non-hydrogen) atoms. The van der Waals surface area contributed by atoms with E-state index < -0.39 is 5.91 Å². The van der Waals surface area contributed by atoms with Crippen molar-refractivity contribution in [3.63, 3.8) is 0 Å². The lowest BCUT2D eigenvalue weighted by molar-refractivity contribution is 0.0903. The van der Waals surface area contributed by atoms with E-state index in [0.29, 0.717) is 53.1 Å². The van der Waals surface area contributed by atoms with Crippen LogP contribution in [0.4, 0.5) is 52.2 Å². The fourth-order valence-electron chi connectivity index (χ4n) is 19.1. The Kier molecular flexibility index (Phi) is 34.5. The number of aromatic nitrogens is 16. The first-order chi connectivity index (χ1) is 70.2. The van der Waals surface area contributed by atoms with E-state index in [9.17, 15) is 14.4 Å². The SMILES string of the molecule is COCC(C)NC(=O)c1cnc(NC2CCC(Oc3cc(N4CCOCC4)cc4nccnc34)CC2)nc1.NC(=O)c1cnc(NC2CCC(Oc3cc(N4CCOCC4)cc4nccnc34)CC2)nc1.O=C(NCCO)c1cnc(NC2CCC(Oc3cc(N4CCOCC4)cc4nccnc34)CC2)nc1.c1cnc2c(OC3CCC(Nc4ncc(N5CCOCC5)cn4)CC3)cc(N3CCOCC3)cc2n1. The molecular weight excluding hydrogens is 1830 g/mol. The maximum Gasteiger partial charge on any atom is 0.254 e. The molecule has 9 fully saturated rings. The van der Waals surface area contributed by atoms with Crippen molar-refractivity contribution < 1.29 is 66.9 Å². The van der Waals surface area contributed by atoms with Crippen molar-refractivity contribution in [1.82, 2.24) is 90.4 Å². The van der Waals surface area contributed by atoms with Gasteiger partial charge in [-0.2, -0.15) is 0 Å². The predicted molar refractivity (Wildman–Crippen MR) is 539 cm³/mol. The van der Waals surface area contributed by atoms with Crippen LogP contribution in [0.3, 0.4) is 0 Å². The number of hydrogen-bond acceptors (Lipinski definition) is 39. The largest absolute Gasteiger partial charge is 0.488 e. The van der Waals surface area contributed by atoms with Gasteiger partial charge in [-0.1, -0.05) is 0 Å². The van der Waals surface area contributed by atoms with Crippen molar-refractivity contribution in [3.05, 3.63) is 164 Å². The molecule has 3 amide bonds. The van der Waals surface area contributed by atoms with E-state index in [4.69, 9.17) is 58.2 Å². The molecule has 9 N–H and O–H groups in total. The van der Waals surface area contributed by atoms with Gasteiger partial charge >= 0.3 is 0 Å². The van der Waals surface area contributed by atoms with E-state index in [0.717, 1.165) is 330 Å². The first-order valence-corrected chi connectivity index (χ1v) is 49.9. The number of carbonyl (C=O) groups excluding carboxylic acids is 3.